The first-order chi connectivity index (χ1) is 14.9. The van der Waals surface area contributed by atoms with Crippen LogP contribution in [0.2, 0.25) is 5.02 Å². The number of benzene rings is 1. The Bertz CT molecular complexity index is 898. The summed E-state index contributed by atoms with van der Waals surface area (Å²) in [4.78, 5) is 25.6. The van der Waals surface area contributed by atoms with Crippen molar-refractivity contribution in [3.63, 3.8) is 0 Å². The number of nitrogens with zero attached hydrogens (tertiary/aromatic N) is 1. The van der Waals surface area contributed by atoms with Crippen molar-refractivity contribution in [2.24, 2.45) is 17.3 Å². The minimum absolute atomic E-state index is 0.0662. The second-order valence-corrected chi connectivity index (χ2v) is 11.3. The number of aryl methyl sites for hydroxylation is 1. The Labute approximate surface area is 196 Å². The van der Waals surface area contributed by atoms with Crippen molar-refractivity contribution in [2.45, 2.75) is 71.6 Å². The van der Waals surface area contributed by atoms with Gasteiger partial charge in [0.1, 0.15) is 0 Å². The summed E-state index contributed by atoms with van der Waals surface area (Å²) in [6, 6.07) is 6.20. The summed E-state index contributed by atoms with van der Waals surface area (Å²) in [5.74, 6) is -0.415. The maximum Gasteiger partial charge on any atom is 0.305 e. The molecule has 1 aromatic carbocycles. The summed E-state index contributed by atoms with van der Waals surface area (Å²) in [6.07, 6.45) is 5.81. The molecule has 1 amide bonds. The van der Waals surface area contributed by atoms with Crippen LogP contribution in [0.15, 0.2) is 30.0 Å². The molecule has 6 heteroatoms. The second kappa shape index (κ2) is 9.56. The number of carbonyl (C=O) groups is 2. The van der Waals surface area contributed by atoms with Crippen LogP contribution >= 0.6 is 11.6 Å². The van der Waals surface area contributed by atoms with Crippen molar-refractivity contribution >= 4 is 23.5 Å². The van der Waals surface area contributed by atoms with Gasteiger partial charge >= 0.3 is 5.97 Å². The molecule has 5 nitrogen and oxygen atoms in total. The molecular weight excluding hydrogens is 426 g/mol. The van der Waals surface area contributed by atoms with E-state index in [1.165, 1.54) is 0 Å². The first kappa shape index (κ1) is 24.8. The van der Waals surface area contributed by atoms with E-state index in [1.807, 2.05) is 12.3 Å². The molecule has 1 aliphatic carbocycles. The molecule has 0 saturated heterocycles. The largest absolute Gasteiger partial charge is 0.481 e. The number of carbonyl (C=O) groups excluding carboxylic acids is 1. The number of aliphatic hydroxyl groups excluding tert-OH is 1. The maximum absolute atomic E-state index is 13.0. The Hall–Kier alpha value is -1.85. The highest BCUT2D eigenvalue weighted by molar-refractivity contribution is 6.31. The van der Waals surface area contributed by atoms with Crippen LogP contribution in [0.4, 0.5) is 0 Å². The van der Waals surface area contributed by atoms with E-state index in [0.717, 1.165) is 47.4 Å². The monoisotopic (exact) mass is 461 g/mol. The van der Waals surface area contributed by atoms with Crippen LogP contribution in [0.25, 0.3) is 0 Å². The summed E-state index contributed by atoms with van der Waals surface area (Å²) in [5, 5.41) is 19.3. The number of carboxylic acids is 1. The average Bonchev–Trinajstić information content (AvgIpc) is 2.66. The molecule has 176 valence electrons. The van der Waals surface area contributed by atoms with E-state index in [2.05, 4.69) is 39.8 Å². The number of hydrogen-bond acceptors (Lipinski definition) is 3. The van der Waals surface area contributed by atoms with Gasteiger partial charge in [0.15, 0.2) is 0 Å². The topological polar surface area (TPSA) is 77.8 Å². The molecule has 0 radical (unpaired) electrons. The van der Waals surface area contributed by atoms with Gasteiger partial charge < -0.3 is 15.1 Å². The van der Waals surface area contributed by atoms with Gasteiger partial charge in [0.25, 0.3) is 0 Å². The molecule has 1 heterocycles. The molecule has 1 saturated carbocycles. The molecule has 0 unspecified atom stereocenters. The number of rotatable bonds is 8. The number of allylic oxidation sites excluding steroid dienone is 1. The zero-order valence-electron chi connectivity index (χ0n) is 19.7. The van der Waals surface area contributed by atoms with Gasteiger partial charge in [-0.3, -0.25) is 9.59 Å². The third-order valence-corrected chi connectivity index (χ3v) is 7.44. The summed E-state index contributed by atoms with van der Waals surface area (Å²) in [7, 11) is 0. The smallest absolute Gasteiger partial charge is 0.305 e. The molecule has 2 aliphatic rings. The third kappa shape index (κ3) is 5.55. The Morgan fingerprint density at radius 1 is 1.28 bits per heavy atom. The Morgan fingerprint density at radius 3 is 2.53 bits per heavy atom. The molecule has 1 atom stereocenters. The third-order valence-electron chi connectivity index (χ3n) is 7.09. The van der Waals surface area contributed by atoms with Crippen molar-refractivity contribution in [2.75, 3.05) is 13.2 Å². The minimum Gasteiger partial charge on any atom is -0.481 e. The van der Waals surface area contributed by atoms with Gasteiger partial charge in [-0.1, -0.05) is 51.4 Å². The number of aliphatic hydroxyl groups is 1. The van der Waals surface area contributed by atoms with Crippen molar-refractivity contribution in [3.8, 4) is 0 Å². The van der Waals surface area contributed by atoms with Gasteiger partial charge in [0, 0.05) is 36.2 Å². The maximum atomic E-state index is 13.0. The van der Waals surface area contributed by atoms with E-state index in [0.29, 0.717) is 5.92 Å². The lowest BCUT2D eigenvalue weighted by atomic mass is 9.60. The van der Waals surface area contributed by atoms with E-state index in [9.17, 15) is 14.7 Å². The number of carboxylic acid groups (broad SMARTS) is 1. The zero-order chi connectivity index (χ0) is 23.7. The molecule has 32 heavy (non-hydrogen) atoms. The quantitative estimate of drug-likeness (QED) is 0.558. The summed E-state index contributed by atoms with van der Waals surface area (Å²) in [6.45, 7) is 9.10. The van der Waals surface area contributed by atoms with Gasteiger partial charge in [-0.15, -0.1) is 0 Å². The molecule has 1 aromatic rings. The van der Waals surface area contributed by atoms with Crippen LogP contribution in [0, 0.1) is 17.3 Å². The highest BCUT2D eigenvalue weighted by atomic mass is 35.5. The minimum atomic E-state index is -0.914. The second-order valence-electron chi connectivity index (χ2n) is 10.9. The molecular formula is C26H36ClNO4. The fraction of sp³-hybridized carbons (Fsp3) is 0.615. The van der Waals surface area contributed by atoms with Crippen LogP contribution in [0.1, 0.15) is 70.9 Å². The molecule has 0 bridgehead atoms. The van der Waals surface area contributed by atoms with E-state index in [4.69, 9.17) is 16.7 Å². The standard InChI is InChI=1S/C26H36ClNO4/c1-25(2,3)9-7-18-5-6-20(13-22(18)27)26(4)14-23(30)28(10-8-24(31)32)15-21(26)19-11-17(12-19)16-29/h5-6,13,15,17,19,29H,7-12,14,16H2,1-4H3,(H,31,32)/t17?,19?,26-/m0/s1. The first-order valence-corrected chi connectivity index (χ1v) is 11.9. The van der Waals surface area contributed by atoms with Crippen LogP contribution in [-0.2, 0) is 21.4 Å². The van der Waals surface area contributed by atoms with Crippen LogP contribution in [0.3, 0.4) is 0 Å². The highest BCUT2D eigenvalue weighted by Gasteiger charge is 2.45. The Morgan fingerprint density at radius 2 is 1.97 bits per heavy atom. The number of aliphatic carboxylic acids is 1. The van der Waals surface area contributed by atoms with Crippen molar-refractivity contribution < 1.29 is 19.8 Å². The van der Waals surface area contributed by atoms with Gasteiger partial charge in [0.2, 0.25) is 5.91 Å². The van der Waals surface area contributed by atoms with Crippen LogP contribution < -0.4 is 0 Å². The van der Waals surface area contributed by atoms with Gasteiger partial charge in [-0.2, -0.15) is 0 Å². The molecule has 0 aromatic heterocycles. The van der Waals surface area contributed by atoms with Crippen molar-refractivity contribution in [1.82, 2.24) is 4.90 Å². The molecule has 1 fully saturated rings. The van der Waals surface area contributed by atoms with Gasteiger partial charge in [-0.05, 0) is 65.7 Å². The zero-order valence-corrected chi connectivity index (χ0v) is 20.4. The van der Waals surface area contributed by atoms with Crippen LogP contribution in [0.5, 0.6) is 0 Å². The lowest BCUT2D eigenvalue weighted by Gasteiger charge is -2.47. The fourth-order valence-corrected chi connectivity index (χ4v) is 5.14. The SMILES string of the molecule is CC(C)(C)CCc1ccc([C@]2(C)CC(=O)N(CCC(=O)O)C=C2C2CC(CO)C2)cc1Cl. The van der Waals surface area contributed by atoms with E-state index >= 15 is 0 Å². The fourth-order valence-electron chi connectivity index (χ4n) is 4.86. The molecule has 0 spiro atoms. The lowest BCUT2D eigenvalue weighted by molar-refractivity contribution is -0.138. The summed E-state index contributed by atoms with van der Waals surface area (Å²) >= 11 is 6.70. The van der Waals surface area contributed by atoms with Gasteiger partial charge in [-0.25, -0.2) is 0 Å². The normalized spacial score (nSPS) is 26.0. The summed E-state index contributed by atoms with van der Waals surface area (Å²) in [5.41, 5.74) is 3.02. The molecule has 1 aliphatic heterocycles. The number of halogens is 1. The van der Waals surface area contributed by atoms with E-state index in [-0.39, 0.29) is 43.2 Å². The van der Waals surface area contributed by atoms with Gasteiger partial charge in [0.05, 0.1) is 6.42 Å². The average molecular weight is 462 g/mol. The van der Waals surface area contributed by atoms with E-state index in [1.54, 1.807) is 4.90 Å². The van der Waals surface area contributed by atoms with Crippen LogP contribution in [-0.4, -0.2) is 40.1 Å². The first-order valence-electron chi connectivity index (χ1n) is 11.6. The van der Waals surface area contributed by atoms with Crippen molar-refractivity contribution in [3.05, 3.63) is 46.1 Å². The Balaban J connectivity index is 1.91. The summed E-state index contributed by atoms with van der Waals surface area (Å²) < 4.78 is 0. The predicted octanol–water partition coefficient (Wildman–Crippen LogP) is 5.19. The lowest BCUT2D eigenvalue weighted by Crippen LogP contribution is -2.45. The Kier molecular flexibility index (Phi) is 7.41. The predicted molar refractivity (Wildman–Crippen MR) is 127 cm³/mol. The highest BCUT2D eigenvalue weighted by Crippen LogP contribution is 2.50. The molecule has 2 N–H and O–H groups in total. The van der Waals surface area contributed by atoms with E-state index < -0.39 is 11.4 Å². The van der Waals surface area contributed by atoms with Crippen molar-refractivity contribution in [1.29, 1.82) is 0 Å². The number of hydrogen-bond donors (Lipinski definition) is 2. The molecule has 3 rings (SSSR count). The number of amides is 1.